The Hall–Kier alpha value is -1.52. The van der Waals surface area contributed by atoms with Crippen LogP contribution in [0.3, 0.4) is 0 Å². The number of nitrogens with zero attached hydrogens (tertiary/aromatic N) is 2. The fourth-order valence-corrected chi connectivity index (χ4v) is 2.65. The van der Waals surface area contributed by atoms with Gasteiger partial charge in [0.1, 0.15) is 0 Å². The average molecular weight is 264 g/mol. The van der Waals surface area contributed by atoms with Crippen molar-refractivity contribution >= 4 is 11.6 Å². The highest BCUT2D eigenvalue weighted by molar-refractivity contribution is 5.81. The molecule has 0 radical (unpaired) electrons. The average Bonchev–Trinajstić information content (AvgIpc) is 2.56. The van der Waals surface area contributed by atoms with Crippen LogP contribution in [0.5, 0.6) is 0 Å². The zero-order chi connectivity index (χ0) is 13.7. The van der Waals surface area contributed by atoms with Crippen molar-refractivity contribution in [1.29, 1.82) is 0 Å². The second-order valence-corrected chi connectivity index (χ2v) is 5.41. The maximum atomic E-state index is 11.9. The minimum absolute atomic E-state index is 0.0788. The van der Waals surface area contributed by atoms with Gasteiger partial charge >= 0.3 is 0 Å². The summed E-state index contributed by atoms with van der Waals surface area (Å²) in [5.41, 5.74) is 1.85. The van der Waals surface area contributed by atoms with Gasteiger partial charge < -0.3 is 10.6 Å². The van der Waals surface area contributed by atoms with Crippen LogP contribution in [0.1, 0.15) is 44.2 Å². The van der Waals surface area contributed by atoms with E-state index in [1.54, 1.807) is 4.68 Å². The van der Waals surface area contributed by atoms with Crippen molar-refractivity contribution < 1.29 is 4.79 Å². The summed E-state index contributed by atoms with van der Waals surface area (Å²) in [5.74, 6) is 0.0788. The maximum Gasteiger partial charge on any atom is 0.239 e. The quantitative estimate of drug-likeness (QED) is 0.818. The molecule has 0 bridgehead atoms. The maximum absolute atomic E-state index is 11.9. The standard InChI is InChI=1S/C14H24N4O/c1-11-13(10-18(2)17-11)15-9-14(19)16-12-7-5-3-4-6-8-12/h10,12,15H,3-9H2,1-2H3,(H,16,19). The Labute approximate surface area is 114 Å². The van der Waals surface area contributed by atoms with Crippen LogP contribution in [-0.4, -0.2) is 28.3 Å². The van der Waals surface area contributed by atoms with E-state index >= 15 is 0 Å². The predicted molar refractivity (Wildman–Crippen MR) is 76.1 cm³/mol. The molecule has 5 heteroatoms. The van der Waals surface area contributed by atoms with Crippen LogP contribution < -0.4 is 10.6 Å². The molecule has 1 heterocycles. The molecule has 106 valence electrons. The third kappa shape index (κ3) is 4.26. The van der Waals surface area contributed by atoms with Crippen LogP contribution in [0.2, 0.25) is 0 Å². The topological polar surface area (TPSA) is 59.0 Å². The van der Waals surface area contributed by atoms with Crippen LogP contribution in [0, 0.1) is 6.92 Å². The number of aromatic nitrogens is 2. The van der Waals surface area contributed by atoms with E-state index in [-0.39, 0.29) is 5.91 Å². The van der Waals surface area contributed by atoms with E-state index in [9.17, 15) is 4.79 Å². The summed E-state index contributed by atoms with van der Waals surface area (Å²) >= 11 is 0. The Balaban J connectivity index is 1.76. The van der Waals surface area contributed by atoms with Crippen molar-refractivity contribution in [2.24, 2.45) is 7.05 Å². The molecular formula is C14H24N4O. The normalized spacial score (nSPS) is 16.9. The molecule has 1 amide bonds. The lowest BCUT2D eigenvalue weighted by atomic mass is 10.1. The largest absolute Gasteiger partial charge is 0.373 e. The van der Waals surface area contributed by atoms with Gasteiger partial charge in [-0.2, -0.15) is 5.10 Å². The van der Waals surface area contributed by atoms with Gasteiger partial charge in [-0.25, -0.2) is 0 Å². The molecule has 1 aliphatic rings. The first-order valence-corrected chi connectivity index (χ1v) is 7.18. The van der Waals surface area contributed by atoms with E-state index in [0.29, 0.717) is 12.6 Å². The SMILES string of the molecule is Cc1nn(C)cc1NCC(=O)NC1CCCCCC1. The van der Waals surface area contributed by atoms with Gasteiger partial charge in [0.2, 0.25) is 5.91 Å². The first-order chi connectivity index (χ1) is 9.15. The molecular weight excluding hydrogens is 240 g/mol. The van der Waals surface area contributed by atoms with Crippen molar-refractivity contribution in [2.75, 3.05) is 11.9 Å². The Morgan fingerprint density at radius 2 is 2.05 bits per heavy atom. The number of anilines is 1. The third-order valence-electron chi connectivity index (χ3n) is 3.67. The first kappa shape index (κ1) is 13.9. The van der Waals surface area contributed by atoms with Gasteiger partial charge in [0.05, 0.1) is 17.9 Å². The Kier molecular flexibility index (Phi) is 4.82. The third-order valence-corrected chi connectivity index (χ3v) is 3.67. The van der Waals surface area contributed by atoms with Crippen LogP contribution in [-0.2, 0) is 11.8 Å². The van der Waals surface area contributed by atoms with Gasteiger partial charge in [-0.15, -0.1) is 0 Å². The number of amides is 1. The highest BCUT2D eigenvalue weighted by atomic mass is 16.1. The fourth-order valence-electron chi connectivity index (χ4n) is 2.65. The number of aryl methyl sites for hydroxylation is 2. The van der Waals surface area contributed by atoms with Crippen LogP contribution in [0.4, 0.5) is 5.69 Å². The summed E-state index contributed by atoms with van der Waals surface area (Å²) in [7, 11) is 1.88. The molecule has 0 atom stereocenters. The van der Waals surface area contributed by atoms with Crippen molar-refractivity contribution in [2.45, 2.75) is 51.5 Å². The zero-order valence-corrected chi connectivity index (χ0v) is 11.9. The molecule has 2 N–H and O–H groups in total. The molecule has 0 aliphatic heterocycles. The number of carbonyl (C=O) groups excluding carboxylic acids is 1. The predicted octanol–water partition coefficient (Wildman–Crippen LogP) is 1.98. The number of rotatable bonds is 4. The minimum atomic E-state index is 0.0788. The number of hydrogen-bond acceptors (Lipinski definition) is 3. The van der Waals surface area contributed by atoms with E-state index in [0.717, 1.165) is 24.2 Å². The summed E-state index contributed by atoms with van der Waals surface area (Å²) in [6.45, 7) is 2.26. The Bertz CT molecular complexity index is 419. The van der Waals surface area contributed by atoms with Crippen LogP contribution in [0.25, 0.3) is 0 Å². The highest BCUT2D eigenvalue weighted by Crippen LogP contribution is 2.17. The van der Waals surface area contributed by atoms with Gasteiger partial charge in [-0.3, -0.25) is 9.48 Å². The van der Waals surface area contributed by atoms with Gasteiger partial charge in [0.15, 0.2) is 0 Å². The van der Waals surface area contributed by atoms with Crippen LogP contribution in [0.15, 0.2) is 6.20 Å². The first-order valence-electron chi connectivity index (χ1n) is 7.18. The van der Waals surface area contributed by atoms with E-state index < -0.39 is 0 Å². The molecule has 0 aromatic carbocycles. The Morgan fingerprint density at radius 3 is 2.63 bits per heavy atom. The van der Waals surface area contributed by atoms with E-state index in [1.807, 2.05) is 20.2 Å². The van der Waals surface area contributed by atoms with Gasteiger partial charge in [0, 0.05) is 19.3 Å². The number of nitrogens with one attached hydrogen (secondary N) is 2. The molecule has 1 aromatic heterocycles. The van der Waals surface area contributed by atoms with Crippen LogP contribution >= 0.6 is 0 Å². The Morgan fingerprint density at radius 1 is 1.37 bits per heavy atom. The minimum Gasteiger partial charge on any atom is -0.373 e. The molecule has 19 heavy (non-hydrogen) atoms. The molecule has 1 aliphatic carbocycles. The summed E-state index contributed by atoms with van der Waals surface area (Å²) in [6.07, 6.45) is 9.22. The lowest BCUT2D eigenvalue weighted by molar-refractivity contribution is -0.120. The van der Waals surface area contributed by atoms with Crippen molar-refractivity contribution in [3.8, 4) is 0 Å². The summed E-state index contributed by atoms with van der Waals surface area (Å²) in [5, 5.41) is 10.5. The van der Waals surface area contributed by atoms with Gasteiger partial charge in [-0.05, 0) is 19.8 Å². The summed E-state index contributed by atoms with van der Waals surface area (Å²) in [4.78, 5) is 11.9. The van der Waals surface area contributed by atoms with Gasteiger partial charge in [-0.1, -0.05) is 25.7 Å². The smallest absolute Gasteiger partial charge is 0.239 e. The highest BCUT2D eigenvalue weighted by Gasteiger charge is 2.14. The van der Waals surface area contributed by atoms with Gasteiger partial charge in [0.25, 0.3) is 0 Å². The molecule has 1 aromatic rings. The molecule has 1 fully saturated rings. The summed E-state index contributed by atoms with van der Waals surface area (Å²) < 4.78 is 1.75. The monoisotopic (exact) mass is 264 g/mol. The van der Waals surface area contributed by atoms with E-state index in [1.165, 1.54) is 25.7 Å². The van der Waals surface area contributed by atoms with E-state index in [2.05, 4.69) is 15.7 Å². The molecule has 0 saturated heterocycles. The van der Waals surface area contributed by atoms with Crippen molar-refractivity contribution in [3.63, 3.8) is 0 Å². The molecule has 0 unspecified atom stereocenters. The summed E-state index contributed by atoms with van der Waals surface area (Å²) in [6, 6.07) is 0.367. The number of carbonyl (C=O) groups is 1. The molecule has 2 rings (SSSR count). The zero-order valence-electron chi connectivity index (χ0n) is 11.9. The second-order valence-electron chi connectivity index (χ2n) is 5.41. The fraction of sp³-hybridized carbons (Fsp3) is 0.714. The molecule has 1 saturated carbocycles. The lowest BCUT2D eigenvalue weighted by Crippen LogP contribution is -2.38. The molecule has 0 spiro atoms. The number of hydrogen-bond donors (Lipinski definition) is 2. The second kappa shape index (κ2) is 6.59. The lowest BCUT2D eigenvalue weighted by Gasteiger charge is -2.16. The molecule has 5 nitrogen and oxygen atoms in total. The van der Waals surface area contributed by atoms with Crippen molar-refractivity contribution in [1.82, 2.24) is 15.1 Å². The van der Waals surface area contributed by atoms with Crippen molar-refractivity contribution in [3.05, 3.63) is 11.9 Å². The van der Waals surface area contributed by atoms with E-state index in [4.69, 9.17) is 0 Å².